The summed E-state index contributed by atoms with van der Waals surface area (Å²) in [4.78, 5) is 23.6. The average molecular weight is 413 g/mol. The zero-order chi connectivity index (χ0) is 21.1. The van der Waals surface area contributed by atoms with Crippen molar-refractivity contribution in [3.05, 3.63) is 22.8 Å². The fourth-order valence-electron chi connectivity index (χ4n) is 8.25. The van der Waals surface area contributed by atoms with Crippen molar-refractivity contribution >= 4 is 12.6 Å². The smallest absolute Gasteiger partial charge is 0.146 e. The normalized spacial score (nSPS) is 48.3. The van der Waals surface area contributed by atoms with Gasteiger partial charge < -0.3 is 14.3 Å². The summed E-state index contributed by atoms with van der Waals surface area (Å²) in [6.45, 7) is 9.08. The van der Waals surface area contributed by atoms with Gasteiger partial charge in [0.2, 0.25) is 0 Å². The van der Waals surface area contributed by atoms with Crippen LogP contribution in [0.2, 0.25) is 0 Å². The van der Waals surface area contributed by atoms with Crippen LogP contribution in [0.15, 0.2) is 22.8 Å². The van der Waals surface area contributed by atoms with Crippen molar-refractivity contribution < 1.29 is 19.1 Å². The van der Waals surface area contributed by atoms with Gasteiger partial charge in [0.15, 0.2) is 0 Å². The number of aldehydes is 2. The first-order valence-electron chi connectivity index (χ1n) is 12.0. The lowest BCUT2D eigenvalue weighted by Gasteiger charge is -2.59. The largest absolute Gasteiger partial charge is 0.376 e. The van der Waals surface area contributed by atoms with Crippen LogP contribution in [0.3, 0.4) is 0 Å². The maximum absolute atomic E-state index is 12.1. The van der Waals surface area contributed by atoms with E-state index in [4.69, 9.17) is 9.47 Å². The zero-order valence-corrected chi connectivity index (χ0v) is 18.7. The molecule has 0 N–H and O–H groups in total. The molecular weight excluding hydrogens is 376 g/mol. The Hall–Kier alpha value is -1.26. The number of rotatable bonds is 3. The molecule has 0 amide bonds. The predicted octanol–water partition coefficient (Wildman–Crippen LogP) is 4.53. The van der Waals surface area contributed by atoms with Gasteiger partial charge in [0.25, 0.3) is 0 Å². The second-order valence-electron chi connectivity index (χ2n) is 11.0. The van der Waals surface area contributed by atoms with Gasteiger partial charge in [0.05, 0.1) is 19.8 Å². The summed E-state index contributed by atoms with van der Waals surface area (Å²) in [7, 11) is 0. The molecule has 5 aliphatic rings. The van der Waals surface area contributed by atoms with Crippen LogP contribution in [0.4, 0.5) is 0 Å². The van der Waals surface area contributed by atoms with Crippen LogP contribution in [0.1, 0.15) is 59.3 Å². The maximum atomic E-state index is 12.1. The number of fused-ring (bicyclic) bond motifs is 5. The zero-order valence-electron chi connectivity index (χ0n) is 18.7. The SMILES string of the molecule is CC1C=C2CC(C=O)CC[C@]2(C)[C@@H]2CC[C@]3(C)C(C4COCCO4)=C(C=O)C[C@H]3[C@H]12. The molecule has 4 aliphatic carbocycles. The van der Waals surface area contributed by atoms with Crippen LogP contribution in [0.5, 0.6) is 0 Å². The third-order valence-electron chi connectivity index (χ3n) is 9.74. The Morgan fingerprint density at radius 1 is 1.03 bits per heavy atom. The summed E-state index contributed by atoms with van der Waals surface area (Å²) in [6.07, 6.45) is 11.0. The predicted molar refractivity (Wildman–Crippen MR) is 115 cm³/mol. The monoisotopic (exact) mass is 412 g/mol. The van der Waals surface area contributed by atoms with Crippen molar-refractivity contribution in [3.8, 4) is 0 Å². The second-order valence-corrected chi connectivity index (χ2v) is 11.0. The Bertz CT molecular complexity index is 791. The molecule has 3 fully saturated rings. The first kappa shape index (κ1) is 20.6. The van der Waals surface area contributed by atoms with E-state index in [9.17, 15) is 9.59 Å². The van der Waals surface area contributed by atoms with Crippen molar-refractivity contribution in [2.75, 3.05) is 19.8 Å². The van der Waals surface area contributed by atoms with Gasteiger partial charge in [-0.05, 0) is 84.2 Å². The molecule has 0 radical (unpaired) electrons. The standard InChI is InChI=1S/C26H36O4/c1-16-10-19-11-17(13-27)4-6-25(19,2)20-5-7-26(3)21(23(16)20)12-18(14-28)24(26)22-15-29-8-9-30-22/h10,13-14,16-17,20-23H,4-9,11-12,15H2,1-3H3/t16?,17?,20-,21+,22?,23-,25+,26+/m1/s1. The summed E-state index contributed by atoms with van der Waals surface area (Å²) in [5.74, 6) is 2.41. The highest BCUT2D eigenvalue weighted by Gasteiger charge is 2.60. The molecule has 2 saturated carbocycles. The van der Waals surface area contributed by atoms with E-state index in [0.717, 1.165) is 44.0 Å². The highest BCUT2D eigenvalue weighted by molar-refractivity contribution is 5.77. The van der Waals surface area contributed by atoms with Crippen LogP contribution in [-0.4, -0.2) is 38.5 Å². The van der Waals surface area contributed by atoms with Gasteiger partial charge in [-0.25, -0.2) is 0 Å². The van der Waals surface area contributed by atoms with Crippen LogP contribution in [0, 0.1) is 40.4 Å². The minimum absolute atomic E-state index is 0.0265. The number of allylic oxidation sites excluding steroid dienone is 3. The van der Waals surface area contributed by atoms with Crippen molar-refractivity contribution in [2.24, 2.45) is 40.4 Å². The molecule has 0 spiro atoms. The van der Waals surface area contributed by atoms with Crippen molar-refractivity contribution in [2.45, 2.75) is 65.4 Å². The van der Waals surface area contributed by atoms with Gasteiger partial charge in [0.1, 0.15) is 18.7 Å². The Morgan fingerprint density at radius 2 is 1.83 bits per heavy atom. The number of carbonyl (C=O) groups excluding carboxylic acids is 2. The summed E-state index contributed by atoms with van der Waals surface area (Å²) >= 11 is 0. The lowest BCUT2D eigenvalue weighted by atomic mass is 9.45. The highest BCUT2D eigenvalue weighted by atomic mass is 16.6. The molecule has 4 nitrogen and oxygen atoms in total. The van der Waals surface area contributed by atoms with E-state index in [-0.39, 0.29) is 22.9 Å². The van der Waals surface area contributed by atoms with Gasteiger partial charge in [0, 0.05) is 5.92 Å². The fraction of sp³-hybridized carbons (Fsp3) is 0.769. The molecular formula is C26H36O4. The minimum atomic E-state index is -0.0610. The second kappa shape index (κ2) is 7.41. The van der Waals surface area contributed by atoms with Crippen molar-refractivity contribution in [3.63, 3.8) is 0 Å². The van der Waals surface area contributed by atoms with Gasteiger partial charge >= 0.3 is 0 Å². The number of ether oxygens (including phenoxy) is 2. The Labute approximate surface area is 180 Å². The third-order valence-corrected chi connectivity index (χ3v) is 9.74. The Kier molecular flexibility index (Phi) is 5.10. The average Bonchev–Trinajstić information content (AvgIpc) is 3.07. The molecule has 1 aliphatic heterocycles. The summed E-state index contributed by atoms with van der Waals surface area (Å²) < 4.78 is 11.8. The topological polar surface area (TPSA) is 52.6 Å². The van der Waals surface area contributed by atoms with E-state index < -0.39 is 0 Å². The van der Waals surface area contributed by atoms with E-state index in [0.29, 0.717) is 43.5 Å². The van der Waals surface area contributed by atoms with E-state index in [1.807, 2.05) is 0 Å². The Morgan fingerprint density at radius 3 is 2.53 bits per heavy atom. The molecule has 5 rings (SSSR count). The first-order chi connectivity index (χ1) is 14.4. The van der Waals surface area contributed by atoms with Gasteiger partial charge in [-0.2, -0.15) is 0 Å². The van der Waals surface area contributed by atoms with E-state index in [1.165, 1.54) is 23.9 Å². The molecule has 1 heterocycles. The molecule has 30 heavy (non-hydrogen) atoms. The molecule has 3 unspecified atom stereocenters. The lowest BCUT2D eigenvalue weighted by Crippen LogP contribution is -2.53. The third kappa shape index (κ3) is 2.86. The van der Waals surface area contributed by atoms with E-state index in [1.54, 1.807) is 0 Å². The van der Waals surface area contributed by atoms with Crippen LogP contribution in [-0.2, 0) is 19.1 Å². The summed E-state index contributed by atoms with van der Waals surface area (Å²) in [5.41, 5.74) is 4.01. The van der Waals surface area contributed by atoms with Gasteiger partial charge in [-0.15, -0.1) is 0 Å². The summed E-state index contributed by atoms with van der Waals surface area (Å²) in [5, 5.41) is 0. The van der Waals surface area contributed by atoms with Crippen molar-refractivity contribution in [1.82, 2.24) is 0 Å². The molecule has 0 aromatic heterocycles. The van der Waals surface area contributed by atoms with Gasteiger partial charge in [-0.1, -0.05) is 32.4 Å². The molecule has 0 aromatic carbocycles. The minimum Gasteiger partial charge on any atom is -0.376 e. The van der Waals surface area contributed by atoms with Crippen LogP contribution in [0.25, 0.3) is 0 Å². The number of carbonyl (C=O) groups is 2. The fourth-order valence-corrected chi connectivity index (χ4v) is 8.25. The summed E-state index contributed by atoms with van der Waals surface area (Å²) in [6, 6.07) is 0. The highest BCUT2D eigenvalue weighted by Crippen LogP contribution is 2.67. The quantitative estimate of drug-likeness (QED) is 0.505. The molecule has 0 aromatic rings. The van der Waals surface area contributed by atoms with E-state index in [2.05, 4.69) is 26.8 Å². The lowest BCUT2D eigenvalue weighted by molar-refractivity contribution is -0.113. The molecule has 0 bridgehead atoms. The van der Waals surface area contributed by atoms with Crippen LogP contribution < -0.4 is 0 Å². The Balaban J connectivity index is 1.50. The van der Waals surface area contributed by atoms with Crippen LogP contribution >= 0.6 is 0 Å². The van der Waals surface area contributed by atoms with E-state index >= 15 is 0 Å². The number of hydrogen-bond acceptors (Lipinski definition) is 4. The maximum Gasteiger partial charge on any atom is 0.146 e. The number of hydrogen-bond donors (Lipinski definition) is 0. The molecule has 8 atom stereocenters. The van der Waals surface area contributed by atoms with Crippen molar-refractivity contribution in [1.29, 1.82) is 0 Å². The molecule has 1 saturated heterocycles. The molecule has 4 heteroatoms. The van der Waals surface area contributed by atoms with Gasteiger partial charge in [-0.3, -0.25) is 4.79 Å². The first-order valence-corrected chi connectivity index (χ1v) is 12.0. The molecule has 164 valence electrons.